The van der Waals surface area contributed by atoms with Crippen molar-refractivity contribution in [3.8, 4) is 5.75 Å². The zero-order chi connectivity index (χ0) is 21.5. The molecule has 0 spiro atoms. The molecular weight excluding hydrogens is 450 g/mol. The molecule has 164 valence electrons. The van der Waals surface area contributed by atoms with Gasteiger partial charge in [0.25, 0.3) is 0 Å². The molecule has 0 N–H and O–H groups in total. The molecule has 2 saturated heterocycles. The summed E-state index contributed by atoms with van der Waals surface area (Å²) in [6.07, 6.45) is 3.96. The van der Waals surface area contributed by atoms with Gasteiger partial charge in [0.1, 0.15) is 17.3 Å². The molecule has 3 heterocycles. The molecular formula is C19H24ClN3O5S2. The molecule has 1 aromatic heterocycles. The number of halogens is 1. The topological polar surface area (TPSA) is 89.0 Å². The minimum atomic E-state index is -3.49. The van der Waals surface area contributed by atoms with E-state index in [9.17, 15) is 13.2 Å². The van der Waals surface area contributed by atoms with Gasteiger partial charge in [0.2, 0.25) is 15.9 Å². The number of nitrogens with zero attached hydrogens (tertiary/aromatic N) is 3. The fourth-order valence-corrected chi connectivity index (χ4v) is 6.43. The van der Waals surface area contributed by atoms with Gasteiger partial charge in [0.15, 0.2) is 5.13 Å². The van der Waals surface area contributed by atoms with Crippen molar-refractivity contribution in [3.05, 3.63) is 17.2 Å². The van der Waals surface area contributed by atoms with Crippen LogP contribution < -0.4 is 9.64 Å². The van der Waals surface area contributed by atoms with E-state index in [0.717, 1.165) is 23.8 Å². The lowest BCUT2D eigenvalue weighted by molar-refractivity contribution is -0.122. The van der Waals surface area contributed by atoms with Gasteiger partial charge in [0, 0.05) is 13.2 Å². The van der Waals surface area contributed by atoms with Crippen LogP contribution in [-0.4, -0.2) is 68.8 Å². The van der Waals surface area contributed by atoms with E-state index in [-0.39, 0.29) is 12.0 Å². The van der Waals surface area contributed by atoms with Crippen LogP contribution in [0.25, 0.3) is 10.2 Å². The number of rotatable bonds is 6. The molecule has 11 heteroatoms. The normalized spacial score (nSPS) is 22.6. The molecule has 1 amide bonds. The first kappa shape index (κ1) is 21.8. The minimum absolute atomic E-state index is 0.105. The number of fused-ring (bicyclic) bond motifs is 1. The first-order chi connectivity index (χ1) is 14.3. The Morgan fingerprint density at radius 2 is 2.20 bits per heavy atom. The average molecular weight is 474 g/mol. The predicted molar refractivity (Wildman–Crippen MR) is 117 cm³/mol. The van der Waals surface area contributed by atoms with E-state index in [1.807, 2.05) is 0 Å². The molecule has 30 heavy (non-hydrogen) atoms. The summed E-state index contributed by atoms with van der Waals surface area (Å²) in [5, 5.41) is 0.995. The molecule has 8 nitrogen and oxygen atoms in total. The standard InChI is InChI=1S/C19H24ClN3O5S2/c1-27-15-8-7-13(20)17-16(15)21-19(29-17)22(11-12-5-4-10-28-12)18(24)14-6-3-9-23(14)30(2,25)26/h7-8,12,14H,3-6,9-11H2,1-2H3. The minimum Gasteiger partial charge on any atom is -0.494 e. The number of aromatic nitrogens is 1. The number of hydrogen-bond donors (Lipinski definition) is 0. The molecule has 4 rings (SSSR count). The van der Waals surface area contributed by atoms with E-state index in [0.29, 0.717) is 54.0 Å². The predicted octanol–water partition coefficient (Wildman–Crippen LogP) is 2.89. The molecule has 0 saturated carbocycles. The molecule has 2 atom stereocenters. The molecule has 2 aliphatic rings. The Morgan fingerprint density at radius 3 is 2.87 bits per heavy atom. The lowest BCUT2D eigenvalue weighted by Crippen LogP contribution is -2.49. The van der Waals surface area contributed by atoms with Gasteiger partial charge in [-0.2, -0.15) is 4.31 Å². The Hall–Kier alpha value is -1.46. The third-order valence-corrected chi connectivity index (χ3v) is 8.32. The third-order valence-electron chi connectivity index (χ3n) is 5.49. The second kappa shape index (κ2) is 8.58. The van der Waals surface area contributed by atoms with E-state index in [1.54, 1.807) is 24.1 Å². The number of hydrogen-bond acceptors (Lipinski definition) is 7. The fourth-order valence-electron chi connectivity index (χ4n) is 4.04. The monoisotopic (exact) mass is 473 g/mol. The number of carbonyl (C=O) groups is 1. The maximum atomic E-state index is 13.6. The van der Waals surface area contributed by atoms with Crippen LogP contribution in [0.1, 0.15) is 25.7 Å². The van der Waals surface area contributed by atoms with Crippen molar-refractivity contribution in [2.75, 3.05) is 38.0 Å². The summed E-state index contributed by atoms with van der Waals surface area (Å²) in [6, 6.07) is 2.74. The summed E-state index contributed by atoms with van der Waals surface area (Å²) in [5.41, 5.74) is 0.585. The van der Waals surface area contributed by atoms with Crippen molar-refractivity contribution >= 4 is 54.2 Å². The summed E-state index contributed by atoms with van der Waals surface area (Å²) in [5.74, 6) is 0.294. The van der Waals surface area contributed by atoms with Crippen LogP contribution in [0.2, 0.25) is 5.02 Å². The van der Waals surface area contributed by atoms with Gasteiger partial charge < -0.3 is 9.47 Å². The lowest BCUT2D eigenvalue weighted by Gasteiger charge is -2.29. The third kappa shape index (κ3) is 4.16. The summed E-state index contributed by atoms with van der Waals surface area (Å²) >= 11 is 7.66. The number of carbonyl (C=O) groups excluding carboxylic acids is 1. The van der Waals surface area contributed by atoms with Crippen LogP contribution in [-0.2, 0) is 19.6 Å². The van der Waals surface area contributed by atoms with Crippen LogP contribution in [0, 0.1) is 0 Å². The number of ether oxygens (including phenoxy) is 2. The van der Waals surface area contributed by atoms with Gasteiger partial charge in [0.05, 0.1) is 35.7 Å². The number of sulfonamides is 1. The van der Waals surface area contributed by atoms with Crippen LogP contribution in [0.4, 0.5) is 5.13 Å². The van der Waals surface area contributed by atoms with E-state index in [2.05, 4.69) is 4.98 Å². The Morgan fingerprint density at radius 1 is 1.40 bits per heavy atom. The Labute approximate surface area is 184 Å². The van der Waals surface area contributed by atoms with Crippen LogP contribution in [0.5, 0.6) is 5.75 Å². The number of thiazole rings is 1. The molecule has 2 aliphatic heterocycles. The average Bonchev–Trinajstić information content (AvgIpc) is 3.45. The zero-order valence-electron chi connectivity index (χ0n) is 16.8. The summed E-state index contributed by atoms with van der Waals surface area (Å²) in [4.78, 5) is 19.8. The van der Waals surface area contributed by atoms with Crippen molar-refractivity contribution in [1.82, 2.24) is 9.29 Å². The largest absolute Gasteiger partial charge is 0.494 e. The highest BCUT2D eigenvalue weighted by molar-refractivity contribution is 7.88. The number of amides is 1. The van der Waals surface area contributed by atoms with E-state index < -0.39 is 16.1 Å². The Kier molecular flexibility index (Phi) is 6.23. The van der Waals surface area contributed by atoms with Gasteiger partial charge >= 0.3 is 0 Å². The van der Waals surface area contributed by atoms with Gasteiger partial charge in [-0.05, 0) is 37.8 Å². The molecule has 2 unspecified atom stereocenters. The summed E-state index contributed by atoms with van der Waals surface area (Å²) < 4.78 is 37.6. The first-order valence-corrected chi connectivity index (χ1v) is 12.9. The zero-order valence-corrected chi connectivity index (χ0v) is 19.2. The van der Waals surface area contributed by atoms with Crippen LogP contribution in [0.15, 0.2) is 12.1 Å². The highest BCUT2D eigenvalue weighted by Gasteiger charge is 2.40. The SMILES string of the molecule is COc1ccc(Cl)c2sc(N(CC3CCCO3)C(=O)C3CCCN3S(C)(=O)=O)nc12. The lowest BCUT2D eigenvalue weighted by atomic mass is 10.2. The quantitative estimate of drug-likeness (QED) is 0.640. The van der Waals surface area contributed by atoms with Crippen molar-refractivity contribution in [3.63, 3.8) is 0 Å². The second-order valence-corrected chi connectivity index (χ2v) is 10.9. The smallest absolute Gasteiger partial charge is 0.247 e. The Balaban J connectivity index is 1.74. The molecule has 0 radical (unpaired) electrons. The van der Waals surface area contributed by atoms with E-state index in [1.165, 1.54) is 15.6 Å². The number of benzene rings is 1. The summed E-state index contributed by atoms with van der Waals surface area (Å²) in [7, 11) is -1.93. The maximum Gasteiger partial charge on any atom is 0.247 e. The molecule has 2 fully saturated rings. The second-order valence-electron chi connectivity index (χ2n) is 7.54. The Bertz CT molecular complexity index is 1050. The molecule has 0 aliphatic carbocycles. The van der Waals surface area contributed by atoms with E-state index >= 15 is 0 Å². The van der Waals surface area contributed by atoms with Crippen molar-refractivity contribution in [1.29, 1.82) is 0 Å². The number of anilines is 1. The maximum absolute atomic E-state index is 13.6. The highest BCUT2D eigenvalue weighted by Crippen LogP contribution is 2.39. The van der Waals surface area contributed by atoms with Gasteiger partial charge in [-0.3, -0.25) is 9.69 Å². The number of methoxy groups -OCH3 is 1. The summed E-state index contributed by atoms with van der Waals surface area (Å²) in [6.45, 7) is 1.33. The molecule has 1 aromatic carbocycles. The fraction of sp³-hybridized carbons (Fsp3) is 0.579. The molecule has 0 bridgehead atoms. The van der Waals surface area contributed by atoms with Gasteiger partial charge in [-0.25, -0.2) is 13.4 Å². The first-order valence-electron chi connectivity index (χ1n) is 9.82. The van der Waals surface area contributed by atoms with Crippen LogP contribution >= 0.6 is 22.9 Å². The van der Waals surface area contributed by atoms with Gasteiger partial charge in [-0.15, -0.1) is 0 Å². The van der Waals surface area contributed by atoms with Crippen molar-refractivity contribution in [2.45, 2.75) is 37.8 Å². The van der Waals surface area contributed by atoms with Crippen LogP contribution in [0.3, 0.4) is 0 Å². The van der Waals surface area contributed by atoms with Crippen molar-refractivity contribution in [2.24, 2.45) is 0 Å². The van der Waals surface area contributed by atoms with Crippen molar-refractivity contribution < 1.29 is 22.7 Å². The van der Waals surface area contributed by atoms with E-state index in [4.69, 9.17) is 21.1 Å². The van der Waals surface area contributed by atoms with Gasteiger partial charge in [-0.1, -0.05) is 22.9 Å². The molecule has 2 aromatic rings. The highest BCUT2D eigenvalue weighted by atomic mass is 35.5.